The van der Waals surface area contributed by atoms with E-state index in [0.29, 0.717) is 5.92 Å². The lowest BCUT2D eigenvalue weighted by Crippen LogP contribution is -2.24. The minimum atomic E-state index is -0.622. The molecule has 0 saturated heterocycles. The molecule has 0 saturated carbocycles. The molecule has 0 aliphatic carbocycles. The van der Waals surface area contributed by atoms with Crippen molar-refractivity contribution >= 4 is 12.2 Å². The van der Waals surface area contributed by atoms with E-state index in [1.165, 1.54) is 5.57 Å². The number of rotatable bonds is 6. The van der Waals surface area contributed by atoms with Crippen LogP contribution in [0.2, 0.25) is 0 Å². The fourth-order valence-corrected chi connectivity index (χ4v) is 1.12. The molecule has 0 heterocycles. The van der Waals surface area contributed by atoms with E-state index in [-0.39, 0.29) is 0 Å². The summed E-state index contributed by atoms with van der Waals surface area (Å²) in [6.45, 7) is 6.36. The lowest BCUT2D eigenvalue weighted by molar-refractivity contribution is 0.249. The minimum Gasteiger partial charge on any atom is -0.350 e. The third-order valence-electron chi connectivity index (χ3n) is 1.99. The normalized spacial score (nSPS) is 12.5. The highest BCUT2D eigenvalue weighted by molar-refractivity contribution is 5.72. The summed E-state index contributed by atoms with van der Waals surface area (Å²) in [4.78, 5) is 10.3. The first-order chi connectivity index (χ1) is 7.02. The number of allylic oxidation sites excluding steroid dienone is 2. The van der Waals surface area contributed by atoms with E-state index in [4.69, 9.17) is 5.73 Å². The number of hydrazone groups is 1. The Morgan fingerprint density at radius 2 is 2.20 bits per heavy atom. The summed E-state index contributed by atoms with van der Waals surface area (Å²) in [7, 11) is 0. The summed E-state index contributed by atoms with van der Waals surface area (Å²) in [6, 6.07) is -0.622. The molecule has 0 aromatic heterocycles. The molecule has 0 radical (unpaired) electrons. The van der Waals surface area contributed by atoms with Crippen molar-refractivity contribution in [2.45, 2.75) is 40.0 Å². The molecule has 0 fully saturated rings. The summed E-state index contributed by atoms with van der Waals surface area (Å²) in [6.07, 6.45) is 7.01. The van der Waals surface area contributed by atoms with E-state index < -0.39 is 6.03 Å². The predicted octanol–water partition coefficient (Wildman–Crippen LogP) is 2.41. The number of carbonyl (C=O) groups is 1. The van der Waals surface area contributed by atoms with E-state index in [2.05, 4.69) is 37.4 Å². The van der Waals surface area contributed by atoms with Crippen LogP contribution in [0, 0.1) is 5.92 Å². The lowest BCUT2D eigenvalue weighted by atomic mass is 10.0. The molecule has 86 valence electrons. The Morgan fingerprint density at radius 1 is 1.53 bits per heavy atom. The van der Waals surface area contributed by atoms with Gasteiger partial charge in [-0.3, -0.25) is 0 Å². The van der Waals surface area contributed by atoms with E-state index >= 15 is 0 Å². The Labute approximate surface area is 91.6 Å². The molecule has 0 aliphatic heterocycles. The fourth-order valence-electron chi connectivity index (χ4n) is 1.12. The average molecular weight is 211 g/mol. The van der Waals surface area contributed by atoms with Gasteiger partial charge in [0.2, 0.25) is 0 Å². The Balaban J connectivity index is 3.57. The molecule has 1 atom stereocenters. The quantitative estimate of drug-likeness (QED) is 0.395. The molecular weight excluding hydrogens is 190 g/mol. The maximum atomic E-state index is 10.3. The van der Waals surface area contributed by atoms with Gasteiger partial charge in [0.1, 0.15) is 0 Å². The van der Waals surface area contributed by atoms with Crippen molar-refractivity contribution in [3.8, 4) is 0 Å². The van der Waals surface area contributed by atoms with Crippen molar-refractivity contribution in [2.75, 3.05) is 0 Å². The van der Waals surface area contributed by atoms with Crippen LogP contribution < -0.4 is 11.2 Å². The van der Waals surface area contributed by atoms with Crippen LogP contribution in [0.4, 0.5) is 4.79 Å². The van der Waals surface area contributed by atoms with Gasteiger partial charge in [0.15, 0.2) is 0 Å². The standard InChI is InChI=1S/C11H21N3O/c1-9(2)5-4-6-10(3)7-8-13-14-11(12)15/h5,8,10H,4,6-7H2,1-3H3,(H3,12,14,15)/b13-8+/t10-/m0/s1. The van der Waals surface area contributed by atoms with Crippen molar-refractivity contribution in [3.63, 3.8) is 0 Å². The van der Waals surface area contributed by atoms with Crippen molar-refractivity contribution in [3.05, 3.63) is 11.6 Å². The highest BCUT2D eigenvalue weighted by atomic mass is 16.2. The van der Waals surface area contributed by atoms with Gasteiger partial charge in [-0.05, 0) is 39.0 Å². The van der Waals surface area contributed by atoms with Crippen LogP contribution in [0.3, 0.4) is 0 Å². The topological polar surface area (TPSA) is 67.5 Å². The van der Waals surface area contributed by atoms with Crippen molar-refractivity contribution in [1.29, 1.82) is 0 Å². The molecule has 0 unspecified atom stereocenters. The zero-order valence-corrected chi connectivity index (χ0v) is 9.79. The van der Waals surface area contributed by atoms with Crippen LogP contribution in [0.15, 0.2) is 16.8 Å². The van der Waals surface area contributed by atoms with Gasteiger partial charge < -0.3 is 5.73 Å². The molecule has 0 spiro atoms. The van der Waals surface area contributed by atoms with E-state index in [0.717, 1.165) is 19.3 Å². The maximum absolute atomic E-state index is 10.3. The zero-order valence-electron chi connectivity index (χ0n) is 9.79. The number of nitrogens with zero attached hydrogens (tertiary/aromatic N) is 1. The summed E-state index contributed by atoms with van der Waals surface area (Å²) >= 11 is 0. The summed E-state index contributed by atoms with van der Waals surface area (Å²) in [5.41, 5.74) is 8.38. The second kappa shape index (κ2) is 8.03. The van der Waals surface area contributed by atoms with Crippen molar-refractivity contribution in [2.24, 2.45) is 16.8 Å². The molecule has 0 aliphatic rings. The van der Waals surface area contributed by atoms with Gasteiger partial charge in [0.25, 0.3) is 0 Å². The van der Waals surface area contributed by atoms with Crippen LogP contribution in [0.1, 0.15) is 40.0 Å². The van der Waals surface area contributed by atoms with Gasteiger partial charge in [0, 0.05) is 6.21 Å². The van der Waals surface area contributed by atoms with Crippen LogP contribution in [0.25, 0.3) is 0 Å². The number of hydrogen-bond donors (Lipinski definition) is 2. The molecule has 0 rings (SSSR count). The average Bonchev–Trinajstić information content (AvgIpc) is 2.11. The Morgan fingerprint density at radius 3 is 2.73 bits per heavy atom. The largest absolute Gasteiger partial charge is 0.350 e. The number of urea groups is 1. The molecule has 15 heavy (non-hydrogen) atoms. The zero-order chi connectivity index (χ0) is 11.7. The Hall–Kier alpha value is -1.32. The van der Waals surface area contributed by atoms with Gasteiger partial charge in [-0.25, -0.2) is 10.2 Å². The van der Waals surface area contributed by atoms with Crippen LogP contribution in [-0.4, -0.2) is 12.2 Å². The van der Waals surface area contributed by atoms with Crippen LogP contribution in [0.5, 0.6) is 0 Å². The monoisotopic (exact) mass is 211 g/mol. The van der Waals surface area contributed by atoms with Crippen molar-refractivity contribution < 1.29 is 4.79 Å². The molecule has 0 aromatic carbocycles. The number of nitrogens with two attached hydrogens (primary N) is 1. The number of primary amides is 1. The highest BCUT2D eigenvalue weighted by Gasteiger charge is 1.98. The van der Waals surface area contributed by atoms with E-state index in [1.807, 2.05) is 0 Å². The van der Waals surface area contributed by atoms with Gasteiger partial charge in [0.05, 0.1) is 0 Å². The maximum Gasteiger partial charge on any atom is 0.332 e. The summed E-state index contributed by atoms with van der Waals surface area (Å²) < 4.78 is 0. The van der Waals surface area contributed by atoms with Crippen LogP contribution in [-0.2, 0) is 0 Å². The third-order valence-corrected chi connectivity index (χ3v) is 1.99. The number of hydrogen-bond acceptors (Lipinski definition) is 2. The third kappa shape index (κ3) is 10.6. The minimum absolute atomic E-state index is 0.569. The summed E-state index contributed by atoms with van der Waals surface area (Å²) in [5, 5.41) is 3.69. The molecule has 2 amide bonds. The number of nitrogens with one attached hydrogen (secondary N) is 1. The fraction of sp³-hybridized carbons (Fsp3) is 0.636. The predicted molar refractivity (Wildman–Crippen MR) is 63.7 cm³/mol. The van der Waals surface area contributed by atoms with E-state index in [1.54, 1.807) is 6.21 Å². The first kappa shape index (κ1) is 13.7. The number of carbonyl (C=O) groups excluding carboxylic acids is 1. The Bertz CT molecular complexity index is 242. The van der Waals surface area contributed by atoms with Crippen molar-refractivity contribution in [1.82, 2.24) is 5.43 Å². The smallest absolute Gasteiger partial charge is 0.332 e. The Kier molecular flexibility index (Phi) is 7.32. The molecule has 0 aromatic rings. The van der Waals surface area contributed by atoms with Crippen LogP contribution >= 0.6 is 0 Å². The van der Waals surface area contributed by atoms with Gasteiger partial charge in [-0.2, -0.15) is 5.10 Å². The van der Waals surface area contributed by atoms with Gasteiger partial charge in [-0.15, -0.1) is 0 Å². The van der Waals surface area contributed by atoms with E-state index in [9.17, 15) is 4.79 Å². The summed E-state index contributed by atoms with van der Waals surface area (Å²) in [5.74, 6) is 0.569. The highest BCUT2D eigenvalue weighted by Crippen LogP contribution is 2.10. The number of amides is 2. The second-order valence-electron chi connectivity index (χ2n) is 3.99. The molecule has 0 bridgehead atoms. The lowest BCUT2D eigenvalue weighted by Gasteiger charge is -2.05. The second-order valence-corrected chi connectivity index (χ2v) is 3.99. The molecule has 4 heteroatoms. The van der Waals surface area contributed by atoms with Gasteiger partial charge >= 0.3 is 6.03 Å². The first-order valence-corrected chi connectivity index (χ1v) is 5.22. The first-order valence-electron chi connectivity index (χ1n) is 5.22. The molecular formula is C11H21N3O. The SMILES string of the molecule is CC(C)=CCC[C@H](C)C/C=N/NC(N)=O. The molecule has 4 nitrogen and oxygen atoms in total. The molecule has 3 N–H and O–H groups in total. The van der Waals surface area contributed by atoms with Gasteiger partial charge in [-0.1, -0.05) is 18.6 Å².